The standard InChI is InChI=1S/C18H18N2O2S2/c21-18(20-9-3-6-14(20)16-8-4-10-23-16)12-22-11-17-19-13-5-1-2-7-15(13)24-17/h1-2,4-5,7-8,10,14H,3,6,9,11-12H2. The summed E-state index contributed by atoms with van der Waals surface area (Å²) in [6, 6.07) is 12.4. The molecule has 0 saturated carbocycles. The number of hydrogen-bond donors (Lipinski definition) is 0. The Morgan fingerprint density at radius 2 is 2.21 bits per heavy atom. The summed E-state index contributed by atoms with van der Waals surface area (Å²) in [5.41, 5.74) is 0.990. The lowest BCUT2D eigenvalue weighted by molar-refractivity contribution is -0.137. The van der Waals surface area contributed by atoms with E-state index in [1.54, 1.807) is 22.7 Å². The molecular weight excluding hydrogens is 340 g/mol. The number of benzene rings is 1. The van der Waals surface area contributed by atoms with Gasteiger partial charge in [-0.05, 0) is 36.4 Å². The number of likely N-dealkylation sites (tertiary alicyclic amines) is 1. The average molecular weight is 358 g/mol. The second-order valence-corrected chi connectivity index (χ2v) is 7.92. The molecular formula is C18H18N2O2S2. The van der Waals surface area contributed by atoms with Gasteiger partial charge in [0.25, 0.3) is 0 Å². The van der Waals surface area contributed by atoms with Crippen LogP contribution < -0.4 is 0 Å². The van der Waals surface area contributed by atoms with Gasteiger partial charge >= 0.3 is 0 Å². The second kappa shape index (κ2) is 7.01. The summed E-state index contributed by atoms with van der Waals surface area (Å²) in [7, 11) is 0. The third-order valence-electron chi connectivity index (χ3n) is 4.23. The van der Waals surface area contributed by atoms with Crippen LogP contribution in [0.1, 0.15) is 28.8 Å². The minimum Gasteiger partial charge on any atom is -0.364 e. The van der Waals surface area contributed by atoms with E-state index in [1.807, 2.05) is 29.2 Å². The number of ether oxygens (including phenoxy) is 1. The highest BCUT2D eigenvalue weighted by Crippen LogP contribution is 2.34. The third kappa shape index (κ3) is 3.22. The van der Waals surface area contributed by atoms with Crippen molar-refractivity contribution in [3.05, 3.63) is 51.7 Å². The Morgan fingerprint density at radius 3 is 3.04 bits per heavy atom. The van der Waals surface area contributed by atoms with Crippen LogP contribution in [0.2, 0.25) is 0 Å². The normalized spacial score (nSPS) is 17.7. The number of amides is 1. The van der Waals surface area contributed by atoms with E-state index >= 15 is 0 Å². The number of thiazole rings is 1. The van der Waals surface area contributed by atoms with Gasteiger partial charge in [0.15, 0.2) is 0 Å². The van der Waals surface area contributed by atoms with E-state index in [4.69, 9.17) is 4.74 Å². The van der Waals surface area contributed by atoms with Gasteiger partial charge in [0.2, 0.25) is 5.91 Å². The molecule has 0 aliphatic carbocycles. The Morgan fingerprint density at radius 1 is 1.29 bits per heavy atom. The summed E-state index contributed by atoms with van der Waals surface area (Å²) < 4.78 is 6.80. The zero-order chi connectivity index (χ0) is 16.4. The van der Waals surface area contributed by atoms with Crippen LogP contribution in [0.4, 0.5) is 0 Å². The second-order valence-electron chi connectivity index (χ2n) is 5.83. The van der Waals surface area contributed by atoms with Gasteiger partial charge in [-0.15, -0.1) is 22.7 Å². The third-order valence-corrected chi connectivity index (χ3v) is 6.22. The minimum absolute atomic E-state index is 0.0759. The van der Waals surface area contributed by atoms with Crippen LogP contribution in [0.3, 0.4) is 0 Å². The molecule has 0 bridgehead atoms. The van der Waals surface area contributed by atoms with Crippen molar-refractivity contribution >= 4 is 38.8 Å². The van der Waals surface area contributed by atoms with Crippen LogP contribution >= 0.6 is 22.7 Å². The lowest BCUT2D eigenvalue weighted by atomic mass is 10.2. The zero-order valence-corrected chi connectivity index (χ0v) is 14.8. The number of para-hydroxylation sites is 1. The van der Waals surface area contributed by atoms with Gasteiger partial charge in [0, 0.05) is 11.4 Å². The molecule has 3 aromatic rings. The molecule has 6 heteroatoms. The van der Waals surface area contributed by atoms with Gasteiger partial charge in [-0.25, -0.2) is 4.98 Å². The molecule has 4 nitrogen and oxygen atoms in total. The van der Waals surface area contributed by atoms with Crippen molar-refractivity contribution in [2.75, 3.05) is 13.2 Å². The molecule has 0 N–H and O–H groups in total. The van der Waals surface area contributed by atoms with Crippen molar-refractivity contribution < 1.29 is 9.53 Å². The molecule has 1 fully saturated rings. The van der Waals surface area contributed by atoms with Crippen LogP contribution in [0.5, 0.6) is 0 Å². The molecule has 1 saturated heterocycles. The van der Waals surface area contributed by atoms with E-state index in [0.717, 1.165) is 34.6 Å². The first kappa shape index (κ1) is 15.7. The van der Waals surface area contributed by atoms with E-state index < -0.39 is 0 Å². The molecule has 0 spiro atoms. The molecule has 4 rings (SSSR count). The molecule has 124 valence electrons. The number of carbonyl (C=O) groups is 1. The van der Waals surface area contributed by atoms with E-state index in [0.29, 0.717) is 6.61 Å². The SMILES string of the molecule is O=C(COCc1nc2ccccc2s1)N1CCCC1c1cccs1. The van der Waals surface area contributed by atoms with Gasteiger partial charge in [-0.3, -0.25) is 4.79 Å². The smallest absolute Gasteiger partial charge is 0.249 e. The topological polar surface area (TPSA) is 42.4 Å². The fourth-order valence-electron chi connectivity index (χ4n) is 3.13. The molecule has 0 radical (unpaired) electrons. The number of thiophene rings is 1. The average Bonchev–Trinajstić information content (AvgIpc) is 3.33. The highest BCUT2D eigenvalue weighted by atomic mass is 32.1. The summed E-state index contributed by atoms with van der Waals surface area (Å²) in [6.45, 7) is 1.34. The fourth-order valence-corrected chi connectivity index (χ4v) is 4.91. The summed E-state index contributed by atoms with van der Waals surface area (Å²) in [5.74, 6) is 0.0759. The number of carbonyl (C=O) groups excluding carboxylic acids is 1. The number of hydrogen-bond acceptors (Lipinski definition) is 5. The molecule has 3 heterocycles. The Kier molecular flexibility index (Phi) is 4.60. The van der Waals surface area contributed by atoms with Crippen LogP contribution in [-0.2, 0) is 16.1 Å². The van der Waals surface area contributed by atoms with Crippen molar-refractivity contribution in [1.29, 1.82) is 0 Å². The van der Waals surface area contributed by atoms with Crippen molar-refractivity contribution in [3.63, 3.8) is 0 Å². The molecule has 1 aliphatic heterocycles. The first-order valence-electron chi connectivity index (χ1n) is 8.06. The van der Waals surface area contributed by atoms with Gasteiger partial charge in [-0.1, -0.05) is 18.2 Å². The van der Waals surface area contributed by atoms with E-state index in [2.05, 4.69) is 22.5 Å². The van der Waals surface area contributed by atoms with E-state index in [9.17, 15) is 4.79 Å². The highest BCUT2D eigenvalue weighted by Gasteiger charge is 2.30. The maximum absolute atomic E-state index is 12.5. The molecule has 1 aliphatic rings. The predicted molar refractivity (Wildman–Crippen MR) is 97.3 cm³/mol. The Balaban J connectivity index is 1.34. The minimum atomic E-state index is 0.0759. The number of nitrogens with zero attached hydrogens (tertiary/aromatic N) is 2. The van der Waals surface area contributed by atoms with Crippen LogP contribution in [0, 0.1) is 0 Å². The van der Waals surface area contributed by atoms with Crippen LogP contribution in [-0.4, -0.2) is 28.9 Å². The molecule has 1 unspecified atom stereocenters. The molecule has 1 amide bonds. The van der Waals surface area contributed by atoms with Gasteiger partial charge in [0.05, 0.1) is 22.9 Å². The van der Waals surface area contributed by atoms with Crippen molar-refractivity contribution in [1.82, 2.24) is 9.88 Å². The highest BCUT2D eigenvalue weighted by molar-refractivity contribution is 7.18. The van der Waals surface area contributed by atoms with Crippen LogP contribution in [0.25, 0.3) is 10.2 Å². The summed E-state index contributed by atoms with van der Waals surface area (Å²) in [6.07, 6.45) is 2.11. The summed E-state index contributed by atoms with van der Waals surface area (Å²) in [5, 5.41) is 2.99. The van der Waals surface area contributed by atoms with Crippen molar-refractivity contribution in [2.45, 2.75) is 25.5 Å². The summed E-state index contributed by atoms with van der Waals surface area (Å²) >= 11 is 3.34. The predicted octanol–water partition coefficient (Wildman–Crippen LogP) is 4.24. The van der Waals surface area contributed by atoms with Gasteiger partial charge < -0.3 is 9.64 Å². The summed E-state index contributed by atoms with van der Waals surface area (Å²) in [4.78, 5) is 20.3. The largest absolute Gasteiger partial charge is 0.364 e. The first-order valence-corrected chi connectivity index (χ1v) is 9.76. The van der Waals surface area contributed by atoms with Crippen molar-refractivity contribution in [3.8, 4) is 0 Å². The lowest BCUT2D eigenvalue weighted by Gasteiger charge is -2.23. The molecule has 1 atom stereocenters. The number of aromatic nitrogens is 1. The quantitative estimate of drug-likeness (QED) is 0.685. The number of rotatable bonds is 5. The van der Waals surface area contributed by atoms with E-state index in [1.165, 1.54) is 4.88 Å². The van der Waals surface area contributed by atoms with Crippen molar-refractivity contribution in [2.24, 2.45) is 0 Å². The molecule has 1 aromatic carbocycles. The zero-order valence-electron chi connectivity index (χ0n) is 13.2. The fraction of sp³-hybridized carbons (Fsp3) is 0.333. The monoisotopic (exact) mass is 358 g/mol. The van der Waals surface area contributed by atoms with E-state index in [-0.39, 0.29) is 18.6 Å². The Bertz CT molecular complexity index is 796. The first-order chi connectivity index (χ1) is 11.8. The van der Waals surface area contributed by atoms with Gasteiger partial charge in [-0.2, -0.15) is 0 Å². The Hall–Kier alpha value is -1.76. The molecule has 24 heavy (non-hydrogen) atoms. The Labute approximate surface area is 148 Å². The maximum atomic E-state index is 12.5. The molecule has 2 aromatic heterocycles. The maximum Gasteiger partial charge on any atom is 0.249 e. The number of fused-ring (bicyclic) bond motifs is 1. The lowest BCUT2D eigenvalue weighted by Crippen LogP contribution is -2.33. The van der Waals surface area contributed by atoms with Crippen LogP contribution in [0.15, 0.2) is 41.8 Å². The van der Waals surface area contributed by atoms with Gasteiger partial charge in [0.1, 0.15) is 11.6 Å².